The average molecular weight is 250 g/mol. The van der Waals surface area contributed by atoms with Gasteiger partial charge in [-0.05, 0) is 30.7 Å². The number of urea groups is 1. The van der Waals surface area contributed by atoms with Gasteiger partial charge in [0.1, 0.15) is 5.75 Å². The third kappa shape index (κ3) is 5.36. The molecule has 0 aromatic heterocycles. The van der Waals surface area contributed by atoms with E-state index in [-0.39, 0.29) is 12.6 Å². The first-order valence-corrected chi connectivity index (χ1v) is 5.65. The second-order valence-electron chi connectivity index (χ2n) is 3.81. The number of carbonyl (C=O) groups is 1. The van der Waals surface area contributed by atoms with Gasteiger partial charge in [0.2, 0.25) is 0 Å². The molecule has 0 aliphatic carbocycles. The van der Waals surface area contributed by atoms with Gasteiger partial charge in [-0.15, -0.1) is 0 Å². The largest absolute Gasteiger partial charge is 0.497 e. The zero-order valence-corrected chi connectivity index (χ0v) is 10.5. The molecule has 1 rings (SSSR count). The van der Waals surface area contributed by atoms with E-state index in [1.807, 2.05) is 24.3 Å². The molecule has 0 radical (unpaired) electrons. The number of aliphatic hydroxyl groups is 1. The van der Waals surface area contributed by atoms with Crippen LogP contribution < -0.4 is 15.4 Å². The summed E-state index contributed by atoms with van der Waals surface area (Å²) in [4.78, 5) is 11.2. The Morgan fingerprint density at radius 2 is 2.11 bits per heavy atom. The Morgan fingerprint density at radius 1 is 1.44 bits per heavy atom. The molecule has 0 bridgehead atoms. The molecule has 98 valence electrons. The van der Waals surface area contributed by atoms with Crippen molar-refractivity contribution in [1.29, 1.82) is 0 Å². The lowest BCUT2D eigenvalue weighted by atomic mass is 10.2. The predicted octanol–water partition coefficient (Wildman–Crippen LogP) is 1.35. The zero-order valence-electron chi connectivity index (χ0n) is 10.5. The van der Waals surface area contributed by atoms with Crippen LogP contribution in [-0.4, -0.2) is 30.9 Å². The summed E-state index contributed by atoms with van der Waals surface area (Å²) in [6.07, 6.45) is 2.75. The number of hydrogen-bond acceptors (Lipinski definition) is 3. The second-order valence-corrected chi connectivity index (χ2v) is 3.81. The van der Waals surface area contributed by atoms with E-state index in [1.54, 1.807) is 26.3 Å². The lowest BCUT2D eigenvalue weighted by molar-refractivity contribution is 0.188. The molecule has 18 heavy (non-hydrogen) atoms. The molecular formula is C13H18N2O3. The van der Waals surface area contributed by atoms with Gasteiger partial charge in [-0.2, -0.15) is 0 Å². The number of benzene rings is 1. The molecule has 0 aliphatic rings. The summed E-state index contributed by atoms with van der Waals surface area (Å²) in [5.41, 5.74) is 0.951. The first kappa shape index (κ1) is 14.1. The van der Waals surface area contributed by atoms with Crippen molar-refractivity contribution < 1.29 is 14.6 Å². The fourth-order valence-electron chi connectivity index (χ4n) is 1.22. The monoisotopic (exact) mass is 250 g/mol. The van der Waals surface area contributed by atoms with Crippen LogP contribution in [-0.2, 0) is 0 Å². The highest BCUT2D eigenvalue weighted by molar-refractivity contribution is 5.75. The molecule has 3 N–H and O–H groups in total. The summed E-state index contributed by atoms with van der Waals surface area (Å²) < 4.78 is 5.04. The Bertz CT molecular complexity index is 399. The molecule has 0 aliphatic heterocycles. The van der Waals surface area contributed by atoms with E-state index in [0.29, 0.717) is 0 Å². The molecule has 1 aromatic carbocycles. The van der Waals surface area contributed by atoms with Gasteiger partial charge in [-0.3, -0.25) is 0 Å². The molecule has 5 nitrogen and oxygen atoms in total. The molecule has 1 aromatic rings. The van der Waals surface area contributed by atoms with Gasteiger partial charge in [-0.25, -0.2) is 4.79 Å². The highest BCUT2D eigenvalue weighted by Crippen LogP contribution is 2.11. The van der Waals surface area contributed by atoms with Crippen molar-refractivity contribution in [3.8, 4) is 5.75 Å². The number of methoxy groups -OCH3 is 1. The van der Waals surface area contributed by atoms with E-state index in [1.165, 1.54) is 0 Å². The van der Waals surface area contributed by atoms with Gasteiger partial charge < -0.3 is 20.5 Å². The van der Waals surface area contributed by atoms with Crippen LogP contribution in [0.3, 0.4) is 0 Å². The maximum absolute atomic E-state index is 11.2. The summed E-state index contributed by atoms with van der Waals surface area (Å²) >= 11 is 0. The van der Waals surface area contributed by atoms with Crippen molar-refractivity contribution in [2.45, 2.75) is 13.0 Å². The molecule has 0 saturated heterocycles. The average Bonchev–Trinajstić information content (AvgIpc) is 2.37. The Labute approximate surface area is 106 Å². The molecule has 0 spiro atoms. The molecule has 0 saturated carbocycles. The molecular weight excluding hydrogens is 232 g/mol. The van der Waals surface area contributed by atoms with Crippen LogP contribution in [0.25, 0.3) is 6.08 Å². The first-order chi connectivity index (χ1) is 8.61. The normalized spacial score (nSPS) is 12.2. The topological polar surface area (TPSA) is 70.6 Å². The minimum Gasteiger partial charge on any atom is -0.497 e. The number of carbonyl (C=O) groups excluding carboxylic acids is 1. The van der Waals surface area contributed by atoms with Crippen molar-refractivity contribution in [2.24, 2.45) is 0 Å². The van der Waals surface area contributed by atoms with E-state index in [4.69, 9.17) is 9.84 Å². The Hall–Kier alpha value is -2.01. The number of aliphatic hydroxyl groups excluding tert-OH is 1. The van der Waals surface area contributed by atoms with Crippen LogP contribution >= 0.6 is 0 Å². The van der Waals surface area contributed by atoms with Crippen LogP contribution in [0.15, 0.2) is 30.5 Å². The van der Waals surface area contributed by atoms with Crippen molar-refractivity contribution in [2.75, 3.05) is 13.7 Å². The van der Waals surface area contributed by atoms with Gasteiger partial charge in [0, 0.05) is 12.7 Å². The van der Waals surface area contributed by atoms with Crippen LogP contribution in [0, 0.1) is 0 Å². The molecule has 0 fully saturated rings. The van der Waals surface area contributed by atoms with Gasteiger partial charge in [0.15, 0.2) is 0 Å². The van der Waals surface area contributed by atoms with Gasteiger partial charge in [0.05, 0.1) is 13.2 Å². The Balaban J connectivity index is 2.37. The fourth-order valence-corrected chi connectivity index (χ4v) is 1.22. The van der Waals surface area contributed by atoms with E-state index in [9.17, 15) is 4.79 Å². The molecule has 0 heterocycles. The zero-order chi connectivity index (χ0) is 13.4. The summed E-state index contributed by atoms with van der Waals surface area (Å²) in [6, 6.07) is 7.09. The van der Waals surface area contributed by atoms with Crippen molar-refractivity contribution in [3.63, 3.8) is 0 Å². The highest BCUT2D eigenvalue weighted by Gasteiger charge is 1.99. The van der Waals surface area contributed by atoms with Gasteiger partial charge in [0.25, 0.3) is 0 Å². The van der Waals surface area contributed by atoms with Crippen LogP contribution in [0.1, 0.15) is 12.5 Å². The maximum atomic E-state index is 11.2. The van der Waals surface area contributed by atoms with Crippen molar-refractivity contribution in [3.05, 3.63) is 36.0 Å². The van der Waals surface area contributed by atoms with E-state index in [2.05, 4.69) is 10.6 Å². The number of amides is 2. The van der Waals surface area contributed by atoms with E-state index in [0.717, 1.165) is 11.3 Å². The highest BCUT2D eigenvalue weighted by atomic mass is 16.5. The Morgan fingerprint density at radius 3 is 2.67 bits per heavy atom. The number of rotatable bonds is 5. The van der Waals surface area contributed by atoms with Crippen molar-refractivity contribution >= 4 is 12.1 Å². The molecule has 5 heteroatoms. The summed E-state index contributed by atoms with van der Waals surface area (Å²) in [5, 5.41) is 14.0. The van der Waals surface area contributed by atoms with Gasteiger partial charge in [-0.1, -0.05) is 12.1 Å². The minimum atomic E-state index is -0.554. The lowest BCUT2D eigenvalue weighted by Crippen LogP contribution is -2.36. The smallest absolute Gasteiger partial charge is 0.318 e. The number of hydrogen-bond donors (Lipinski definition) is 3. The Kier molecular flexibility index (Phi) is 5.73. The first-order valence-electron chi connectivity index (χ1n) is 5.65. The van der Waals surface area contributed by atoms with Crippen LogP contribution in [0.5, 0.6) is 5.75 Å². The quantitative estimate of drug-likeness (QED) is 0.738. The standard InChI is InChI=1S/C13H18N2O3/c1-10(16)9-15-13(17)14-8-7-11-3-5-12(18-2)6-4-11/h3-8,10,16H,9H2,1-2H3,(H2,14,15,17)/b8-7+. The molecule has 1 unspecified atom stereocenters. The summed E-state index contributed by atoms with van der Waals surface area (Å²) in [5.74, 6) is 0.787. The summed E-state index contributed by atoms with van der Waals surface area (Å²) in [6.45, 7) is 1.83. The third-order valence-corrected chi connectivity index (χ3v) is 2.16. The maximum Gasteiger partial charge on any atom is 0.318 e. The molecule has 2 amide bonds. The van der Waals surface area contributed by atoms with E-state index < -0.39 is 6.10 Å². The number of ether oxygens (including phenoxy) is 1. The van der Waals surface area contributed by atoms with Crippen molar-refractivity contribution in [1.82, 2.24) is 10.6 Å². The minimum absolute atomic E-state index is 0.224. The fraction of sp³-hybridized carbons (Fsp3) is 0.308. The summed E-state index contributed by atoms with van der Waals surface area (Å²) in [7, 11) is 1.61. The predicted molar refractivity (Wildman–Crippen MR) is 70.2 cm³/mol. The lowest BCUT2D eigenvalue weighted by Gasteiger charge is -2.06. The van der Waals surface area contributed by atoms with Gasteiger partial charge >= 0.3 is 6.03 Å². The third-order valence-electron chi connectivity index (χ3n) is 2.16. The molecule has 1 atom stereocenters. The SMILES string of the molecule is COc1ccc(/C=C/NC(=O)NCC(C)O)cc1. The number of nitrogens with one attached hydrogen (secondary N) is 2. The van der Waals surface area contributed by atoms with E-state index >= 15 is 0 Å². The second kappa shape index (κ2) is 7.34. The van der Waals surface area contributed by atoms with Crippen LogP contribution in [0.4, 0.5) is 4.79 Å². The van der Waals surface area contributed by atoms with Crippen LogP contribution in [0.2, 0.25) is 0 Å².